The molecule has 0 saturated carbocycles. The second-order valence-electron chi connectivity index (χ2n) is 8.14. The first-order valence-corrected chi connectivity index (χ1v) is 11.0. The van der Waals surface area contributed by atoms with Gasteiger partial charge >= 0.3 is 5.97 Å². The van der Waals surface area contributed by atoms with E-state index in [2.05, 4.69) is 9.97 Å². The third kappa shape index (κ3) is 5.32. The van der Waals surface area contributed by atoms with Crippen LogP contribution < -0.4 is 5.73 Å². The number of carbonyl (C=O) groups is 3. The summed E-state index contributed by atoms with van der Waals surface area (Å²) in [7, 11) is 0. The van der Waals surface area contributed by atoms with E-state index >= 15 is 0 Å². The molecule has 9 nitrogen and oxygen atoms in total. The first kappa shape index (κ1) is 23.2. The van der Waals surface area contributed by atoms with E-state index in [-0.39, 0.29) is 18.9 Å². The monoisotopic (exact) mass is 462 g/mol. The predicted molar refractivity (Wildman–Crippen MR) is 122 cm³/mol. The summed E-state index contributed by atoms with van der Waals surface area (Å²) in [4.78, 5) is 46.2. The molecule has 1 aliphatic rings. The second kappa shape index (κ2) is 10.3. The van der Waals surface area contributed by atoms with Crippen molar-refractivity contribution in [1.82, 2.24) is 14.9 Å². The highest BCUT2D eigenvalue weighted by Gasteiger charge is 2.45. The summed E-state index contributed by atoms with van der Waals surface area (Å²) in [6.07, 6.45) is 0.963. The van der Waals surface area contributed by atoms with Gasteiger partial charge in [-0.3, -0.25) is 14.4 Å². The van der Waals surface area contributed by atoms with Crippen LogP contribution in [0.4, 0.5) is 0 Å². The minimum atomic E-state index is -1.04. The van der Waals surface area contributed by atoms with Crippen LogP contribution in [0.1, 0.15) is 40.8 Å². The van der Waals surface area contributed by atoms with Crippen LogP contribution in [-0.4, -0.2) is 51.0 Å². The standard InChI is InChI=1S/C25H26N4O5/c1-16(22(26)31)29(20-13-21(30)34-25(20)33-15-18-10-6-3-7-11-18)24(32)23-27-14-19(28-23)12-17-8-4-2-5-9-17/h2-11,14,16,20,25H,12-13,15H2,1H3,(H2,26,31)(H,27,28)/t16-,20?,25?/m0/s1. The van der Waals surface area contributed by atoms with E-state index in [0.717, 1.165) is 16.8 Å². The number of cyclic esters (lactones) is 1. The number of H-pyrrole nitrogens is 1. The molecule has 9 heteroatoms. The van der Waals surface area contributed by atoms with Gasteiger partial charge in [-0.15, -0.1) is 0 Å². The number of primary amides is 1. The fourth-order valence-electron chi connectivity index (χ4n) is 3.90. The van der Waals surface area contributed by atoms with Crippen LogP contribution >= 0.6 is 0 Å². The zero-order valence-electron chi connectivity index (χ0n) is 18.7. The summed E-state index contributed by atoms with van der Waals surface area (Å²) in [6.45, 7) is 1.68. The lowest BCUT2D eigenvalue weighted by molar-refractivity contribution is -0.171. The molecular formula is C25H26N4O5. The van der Waals surface area contributed by atoms with Gasteiger partial charge in [0, 0.05) is 18.3 Å². The van der Waals surface area contributed by atoms with Crippen LogP contribution in [0.25, 0.3) is 0 Å². The maximum atomic E-state index is 13.5. The first-order chi connectivity index (χ1) is 16.4. The fourth-order valence-corrected chi connectivity index (χ4v) is 3.90. The van der Waals surface area contributed by atoms with E-state index in [4.69, 9.17) is 15.2 Å². The van der Waals surface area contributed by atoms with Gasteiger partial charge < -0.3 is 25.1 Å². The number of aromatic nitrogens is 2. The van der Waals surface area contributed by atoms with Gasteiger partial charge in [0.15, 0.2) is 5.82 Å². The van der Waals surface area contributed by atoms with Gasteiger partial charge in [-0.1, -0.05) is 60.7 Å². The number of imidazole rings is 1. The van der Waals surface area contributed by atoms with Crippen LogP contribution in [0.15, 0.2) is 66.9 Å². The number of amides is 2. The van der Waals surface area contributed by atoms with Gasteiger partial charge in [-0.05, 0) is 18.1 Å². The summed E-state index contributed by atoms with van der Waals surface area (Å²) in [5.41, 5.74) is 8.21. The average molecular weight is 463 g/mol. The SMILES string of the molecule is C[C@@H](C(N)=O)N(C(=O)c1ncc(Cc2ccccc2)[nH]1)C1CC(=O)OC1OCc1ccccc1. The van der Waals surface area contributed by atoms with Crippen LogP contribution in [0.3, 0.4) is 0 Å². The fraction of sp³-hybridized carbons (Fsp3) is 0.280. The van der Waals surface area contributed by atoms with Crippen molar-refractivity contribution in [2.24, 2.45) is 5.73 Å². The number of esters is 1. The molecule has 4 rings (SSSR count). The molecule has 0 bridgehead atoms. The molecule has 2 aromatic carbocycles. The Balaban J connectivity index is 1.55. The maximum Gasteiger partial charge on any atom is 0.310 e. The minimum Gasteiger partial charge on any atom is -0.433 e. The highest BCUT2D eigenvalue weighted by Crippen LogP contribution is 2.26. The topological polar surface area (TPSA) is 128 Å². The molecule has 3 N–H and O–H groups in total. The van der Waals surface area contributed by atoms with Crippen molar-refractivity contribution in [3.8, 4) is 0 Å². The molecule has 34 heavy (non-hydrogen) atoms. The van der Waals surface area contributed by atoms with Crippen LogP contribution in [0.2, 0.25) is 0 Å². The third-order valence-corrected chi connectivity index (χ3v) is 5.68. The Bertz CT molecular complexity index is 1150. The Kier molecular flexibility index (Phi) is 7.03. The lowest BCUT2D eigenvalue weighted by Crippen LogP contribution is -2.54. The van der Waals surface area contributed by atoms with Crippen LogP contribution in [-0.2, 0) is 32.1 Å². The molecule has 176 valence electrons. The Morgan fingerprint density at radius 1 is 1.15 bits per heavy atom. The second-order valence-corrected chi connectivity index (χ2v) is 8.14. The highest BCUT2D eigenvalue weighted by atomic mass is 16.7. The summed E-state index contributed by atoms with van der Waals surface area (Å²) < 4.78 is 11.2. The summed E-state index contributed by atoms with van der Waals surface area (Å²) in [5, 5.41) is 0. The molecule has 2 unspecified atom stereocenters. The zero-order valence-corrected chi connectivity index (χ0v) is 18.7. The molecule has 2 heterocycles. The molecule has 1 aromatic heterocycles. The number of nitrogens with zero attached hydrogens (tertiary/aromatic N) is 2. The lowest BCUT2D eigenvalue weighted by atomic mass is 10.1. The number of hydrogen-bond acceptors (Lipinski definition) is 6. The van der Waals surface area contributed by atoms with E-state index in [0.29, 0.717) is 6.42 Å². The van der Waals surface area contributed by atoms with Gasteiger partial charge in [0.2, 0.25) is 12.2 Å². The van der Waals surface area contributed by atoms with Crippen molar-refractivity contribution < 1.29 is 23.9 Å². The Morgan fingerprint density at radius 2 is 1.79 bits per heavy atom. The number of aromatic amines is 1. The molecule has 2 amide bonds. The number of benzene rings is 2. The molecule has 3 aromatic rings. The highest BCUT2D eigenvalue weighted by molar-refractivity contribution is 5.95. The molecule has 3 atom stereocenters. The van der Waals surface area contributed by atoms with E-state index in [1.807, 2.05) is 60.7 Å². The summed E-state index contributed by atoms with van der Waals surface area (Å²) >= 11 is 0. The average Bonchev–Trinajstić information content (AvgIpc) is 3.45. The van der Waals surface area contributed by atoms with Gasteiger partial charge in [-0.2, -0.15) is 0 Å². The van der Waals surface area contributed by atoms with Gasteiger partial charge in [-0.25, -0.2) is 4.98 Å². The Morgan fingerprint density at radius 3 is 2.44 bits per heavy atom. The Hall–Kier alpha value is -3.98. The molecule has 1 aliphatic heterocycles. The summed E-state index contributed by atoms with van der Waals surface area (Å²) in [6, 6.07) is 17.2. The van der Waals surface area contributed by atoms with Gasteiger partial charge in [0.1, 0.15) is 12.1 Å². The van der Waals surface area contributed by atoms with Crippen molar-refractivity contribution in [2.45, 2.75) is 44.7 Å². The maximum absolute atomic E-state index is 13.5. The molecule has 0 spiro atoms. The molecule has 1 saturated heterocycles. The minimum absolute atomic E-state index is 0.0418. The number of nitrogens with one attached hydrogen (secondary N) is 1. The smallest absolute Gasteiger partial charge is 0.310 e. The van der Waals surface area contributed by atoms with Crippen molar-refractivity contribution in [3.05, 3.63) is 89.5 Å². The van der Waals surface area contributed by atoms with Crippen LogP contribution in [0, 0.1) is 0 Å². The molecule has 0 aliphatic carbocycles. The number of ether oxygens (including phenoxy) is 2. The molecule has 0 radical (unpaired) electrons. The van der Waals surface area contributed by atoms with Crippen molar-refractivity contribution in [3.63, 3.8) is 0 Å². The number of carbonyl (C=O) groups excluding carboxylic acids is 3. The first-order valence-electron chi connectivity index (χ1n) is 11.0. The zero-order chi connectivity index (χ0) is 24.1. The van der Waals surface area contributed by atoms with Crippen LogP contribution in [0.5, 0.6) is 0 Å². The third-order valence-electron chi connectivity index (χ3n) is 5.68. The van der Waals surface area contributed by atoms with E-state index in [9.17, 15) is 14.4 Å². The normalized spacial score (nSPS) is 18.3. The molecular weight excluding hydrogens is 436 g/mol. The summed E-state index contributed by atoms with van der Waals surface area (Å²) in [5.74, 6) is -1.77. The van der Waals surface area contributed by atoms with Gasteiger partial charge in [0.25, 0.3) is 5.91 Å². The van der Waals surface area contributed by atoms with Gasteiger partial charge in [0.05, 0.1) is 13.0 Å². The number of rotatable bonds is 9. The van der Waals surface area contributed by atoms with Crippen molar-refractivity contribution >= 4 is 17.8 Å². The lowest BCUT2D eigenvalue weighted by Gasteiger charge is -2.33. The number of nitrogens with two attached hydrogens (primary N) is 1. The van der Waals surface area contributed by atoms with E-state index < -0.39 is 36.2 Å². The largest absolute Gasteiger partial charge is 0.433 e. The van der Waals surface area contributed by atoms with Crippen molar-refractivity contribution in [2.75, 3.05) is 0 Å². The van der Waals surface area contributed by atoms with Crippen molar-refractivity contribution in [1.29, 1.82) is 0 Å². The quantitative estimate of drug-likeness (QED) is 0.469. The van der Waals surface area contributed by atoms with E-state index in [1.54, 1.807) is 6.20 Å². The molecule has 1 fully saturated rings. The number of hydrogen-bond donors (Lipinski definition) is 2. The Labute approximate surface area is 196 Å². The van der Waals surface area contributed by atoms with E-state index in [1.165, 1.54) is 11.8 Å². The predicted octanol–water partition coefficient (Wildman–Crippen LogP) is 2.17.